The van der Waals surface area contributed by atoms with Gasteiger partial charge in [0.25, 0.3) is 0 Å². The molecule has 2 heterocycles. The molecular formula is C17H23NS. The summed E-state index contributed by atoms with van der Waals surface area (Å²) in [5.41, 5.74) is 7.93. The Morgan fingerprint density at radius 2 is 1.84 bits per heavy atom. The van der Waals surface area contributed by atoms with Crippen LogP contribution in [0.15, 0.2) is 18.2 Å². The molecule has 0 unspecified atom stereocenters. The third-order valence-electron chi connectivity index (χ3n) is 4.07. The summed E-state index contributed by atoms with van der Waals surface area (Å²) >= 11 is 2.04. The summed E-state index contributed by atoms with van der Waals surface area (Å²) in [6, 6.07) is 4.90. The minimum atomic E-state index is 0.238. The maximum Gasteiger partial charge on any atom is 0.0240 e. The second kappa shape index (κ2) is 4.68. The smallest absolute Gasteiger partial charge is 0.0240 e. The highest BCUT2D eigenvalue weighted by atomic mass is 32.2. The Balaban J connectivity index is 2.20. The van der Waals surface area contributed by atoms with Gasteiger partial charge in [-0.3, -0.25) is 4.90 Å². The van der Waals surface area contributed by atoms with E-state index < -0.39 is 0 Å². The average Bonchev–Trinajstić information content (AvgIpc) is 2.51. The normalized spacial score (nSPS) is 19.7. The lowest BCUT2D eigenvalue weighted by atomic mass is 9.81. The molecule has 0 fully saturated rings. The molecule has 1 aromatic rings. The van der Waals surface area contributed by atoms with Crippen LogP contribution in [0.4, 0.5) is 0 Å². The zero-order chi connectivity index (χ0) is 13.6. The first-order valence-corrected chi connectivity index (χ1v) is 8.22. The molecular weight excluding hydrogens is 250 g/mol. The first-order valence-electron chi connectivity index (χ1n) is 7.07. The van der Waals surface area contributed by atoms with E-state index in [4.69, 9.17) is 0 Å². The zero-order valence-corrected chi connectivity index (χ0v) is 13.2. The van der Waals surface area contributed by atoms with Gasteiger partial charge in [-0.05, 0) is 40.3 Å². The third-order valence-corrected chi connectivity index (χ3v) is 4.99. The highest BCUT2D eigenvalue weighted by Crippen LogP contribution is 2.38. The Bertz CT molecular complexity index is 537. The van der Waals surface area contributed by atoms with Crippen LogP contribution < -0.4 is 0 Å². The molecule has 3 rings (SSSR count). The highest BCUT2D eigenvalue weighted by Gasteiger charge is 2.25. The maximum atomic E-state index is 2.45. The Morgan fingerprint density at radius 1 is 1.11 bits per heavy atom. The average molecular weight is 273 g/mol. The van der Waals surface area contributed by atoms with E-state index in [1.807, 2.05) is 11.8 Å². The SMILES string of the molecule is CN1CC2=CCSCc3cc(C(C)(C)C)cc(c32)C1. The summed E-state index contributed by atoms with van der Waals surface area (Å²) in [6.45, 7) is 9.14. The van der Waals surface area contributed by atoms with Crippen molar-refractivity contribution in [3.8, 4) is 0 Å². The number of rotatable bonds is 0. The van der Waals surface area contributed by atoms with Crippen LogP contribution in [0.2, 0.25) is 0 Å². The number of nitrogens with zero attached hydrogens (tertiary/aromatic N) is 1. The van der Waals surface area contributed by atoms with Gasteiger partial charge in [-0.15, -0.1) is 0 Å². The van der Waals surface area contributed by atoms with Gasteiger partial charge in [-0.25, -0.2) is 0 Å². The number of thioether (sulfide) groups is 1. The molecule has 19 heavy (non-hydrogen) atoms. The molecule has 2 aliphatic rings. The lowest BCUT2D eigenvalue weighted by molar-refractivity contribution is 0.358. The summed E-state index contributed by atoms with van der Waals surface area (Å²) < 4.78 is 0. The molecule has 1 nitrogen and oxygen atoms in total. The van der Waals surface area contributed by atoms with Crippen LogP contribution in [-0.2, 0) is 17.7 Å². The molecule has 0 aromatic heterocycles. The van der Waals surface area contributed by atoms with Crippen molar-refractivity contribution in [3.05, 3.63) is 40.5 Å². The summed E-state index contributed by atoms with van der Waals surface area (Å²) in [4.78, 5) is 2.43. The molecule has 0 amide bonds. The topological polar surface area (TPSA) is 3.24 Å². The van der Waals surface area contributed by atoms with E-state index >= 15 is 0 Å². The summed E-state index contributed by atoms with van der Waals surface area (Å²) in [7, 11) is 2.23. The van der Waals surface area contributed by atoms with Gasteiger partial charge in [-0.1, -0.05) is 39.0 Å². The predicted octanol–water partition coefficient (Wildman–Crippen LogP) is 4.06. The molecule has 0 bridgehead atoms. The Kier molecular flexibility index (Phi) is 3.26. The quantitative estimate of drug-likeness (QED) is 0.701. The van der Waals surface area contributed by atoms with Gasteiger partial charge in [0.1, 0.15) is 0 Å². The van der Waals surface area contributed by atoms with Crippen LogP contribution in [0, 0.1) is 0 Å². The molecule has 2 heteroatoms. The van der Waals surface area contributed by atoms with Gasteiger partial charge < -0.3 is 0 Å². The van der Waals surface area contributed by atoms with Crippen molar-refractivity contribution >= 4 is 17.3 Å². The van der Waals surface area contributed by atoms with Gasteiger partial charge in [0.2, 0.25) is 0 Å². The molecule has 0 radical (unpaired) electrons. The van der Waals surface area contributed by atoms with Gasteiger partial charge >= 0.3 is 0 Å². The molecule has 0 N–H and O–H groups in total. The van der Waals surface area contributed by atoms with Crippen LogP contribution in [0.1, 0.15) is 43.0 Å². The van der Waals surface area contributed by atoms with E-state index in [0.29, 0.717) is 0 Å². The number of likely N-dealkylation sites (N-methyl/N-ethyl adjacent to an activating group) is 1. The molecule has 0 aliphatic carbocycles. The van der Waals surface area contributed by atoms with Gasteiger partial charge in [0, 0.05) is 24.6 Å². The van der Waals surface area contributed by atoms with Crippen LogP contribution in [0.5, 0.6) is 0 Å². The van der Waals surface area contributed by atoms with E-state index in [2.05, 4.69) is 50.9 Å². The van der Waals surface area contributed by atoms with Crippen molar-refractivity contribution in [1.82, 2.24) is 4.90 Å². The number of hydrogen-bond acceptors (Lipinski definition) is 2. The lowest BCUT2D eigenvalue weighted by Gasteiger charge is -2.31. The summed E-state index contributed by atoms with van der Waals surface area (Å²) in [6.07, 6.45) is 2.44. The van der Waals surface area contributed by atoms with Gasteiger partial charge in [0.15, 0.2) is 0 Å². The fraction of sp³-hybridized carbons (Fsp3) is 0.529. The van der Waals surface area contributed by atoms with Crippen molar-refractivity contribution < 1.29 is 0 Å². The van der Waals surface area contributed by atoms with Crippen LogP contribution in [-0.4, -0.2) is 24.2 Å². The van der Waals surface area contributed by atoms with Crippen molar-refractivity contribution in [2.45, 2.75) is 38.5 Å². The molecule has 0 spiro atoms. The fourth-order valence-corrected chi connectivity index (χ4v) is 3.95. The first-order chi connectivity index (χ1) is 8.95. The molecule has 0 saturated carbocycles. The van der Waals surface area contributed by atoms with Crippen molar-refractivity contribution in [1.29, 1.82) is 0 Å². The van der Waals surface area contributed by atoms with E-state index in [1.54, 1.807) is 16.7 Å². The second-order valence-electron chi connectivity index (χ2n) is 6.84. The van der Waals surface area contributed by atoms with Crippen molar-refractivity contribution in [2.24, 2.45) is 0 Å². The predicted molar refractivity (Wildman–Crippen MR) is 85.6 cm³/mol. The second-order valence-corrected chi connectivity index (χ2v) is 7.87. The Hall–Kier alpha value is -0.730. The minimum absolute atomic E-state index is 0.238. The van der Waals surface area contributed by atoms with Gasteiger partial charge in [-0.2, -0.15) is 11.8 Å². The molecule has 102 valence electrons. The minimum Gasteiger partial charge on any atom is -0.298 e. The van der Waals surface area contributed by atoms with Crippen LogP contribution in [0.25, 0.3) is 5.57 Å². The highest BCUT2D eigenvalue weighted by molar-refractivity contribution is 7.98. The van der Waals surface area contributed by atoms with Gasteiger partial charge in [0.05, 0.1) is 0 Å². The monoisotopic (exact) mass is 273 g/mol. The van der Waals surface area contributed by atoms with E-state index in [0.717, 1.165) is 24.6 Å². The first kappa shape index (κ1) is 13.3. The van der Waals surface area contributed by atoms with Crippen molar-refractivity contribution in [2.75, 3.05) is 19.3 Å². The Morgan fingerprint density at radius 3 is 2.58 bits per heavy atom. The largest absolute Gasteiger partial charge is 0.298 e. The van der Waals surface area contributed by atoms with Crippen LogP contribution >= 0.6 is 11.8 Å². The molecule has 0 saturated heterocycles. The maximum absolute atomic E-state index is 2.45. The number of hydrogen-bond donors (Lipinski definition) is 0. The third kappa shape index (κ3) is 2.48. The van der Waals surface area contributed by atoms with E-state index in [-0.39, 0.29) is 5.41 Å². The fourth-order valence-electron chi connectivity index (χ4n) is 3.06. The zero-order valence-electron chi connectivity index (χ0n) is 12.4. The van der Waals surface area contributed by atoms with E-state index in [1.165, 1.54) is 11.1 Å². The molecule has 2 aliphatic heterocycles. The number of benzene rings is 1. The lowest BCUT2D eigenvalue weighted by Crippen LogP contribution is -2.27. The summed E-state index contributed by atoms with van der Waals surface area (Å²) in [5.74, 6) is 2.32. The van der Waals surface area contributed by atoms with Crippen LogP contribution in [0.3, 0.4) is 0 Å². The molecule has 0 atom stereocenters. The van der Waals surface area contributed by atoms with E-state index in [9.17, 15) is 0 Å². The Labute approximate surface area is 121 Å². The molecule has 1 aromatic carbocycles. The summed E-state index contributed by atoms with van der Waals surface area (Å²) in [5, 5.41) is 0. The standard InChI is InChI=1S/C17H23NS/c1-17(2,3)15-7-13-10-18(4)9-12-5-6-19-11-14(8-15)16(12)13/h5,7-8H,6,9-11H2,1-4H3. The van der Waals surface area contributed by atoms with Crippen molar-refractivity contribution in [3.63, 3.8) is 0 Å².